The van der Waals surface area contributed by atoms with E-state index in [1.54, 1.807) is 0 Å². The lowest BCUT2D eigenvalue weighted by atomic mass is 9.79. The van der Waals surface area contributed by atoms with Crippen molar-refractivity contribution in [3.63, 3.8) is 0 Å². The summed E-state index contributed by atoms with van der Waals surface area (Å²) in [5.74, 6) is 4.92. The summed E-state index contributed by atoms with van der Waals surface area (Å²) in [7, 11) is 0. The zero-order valence-electron chi connectivity index (χ0n) is 13.4. The second-order valence-electron chi connectivity index (χ2n) is 6.60. The minimum atomic E-state index is 0.833. The molecule has 0 radical (unpaired) electrons. The van der Waals surface area contributed by atoms with Crippen LogP contribution in [0.3, 0.4) is 0 Å². The molecule has 1 aliphatic rings. The number of rotatable bonds is 4. The predicted molar refractivity (Wildman–Crippen MR) is 80.3 cm³/mol. The van der Waals surface area contributed by atoms with E-state index in [0.29, 0.717) is 0 Å². The van der Waals surface area contributed by atoms with Gasteiger partial charge in [-0.05, 0) is 42.4 Å². The highest BCUT2D eigenvalue weighted by molar-refractivity contribution is 4.85. The van der Waals surface area contributed by atoms with E-state index in [4.69, 9.17) is 0 Å². The van der Waals surface area contributed by atoms with Gasteiger partial charge in [0.05, 0.1) is 0 Å². The Hall–Kier alpha value is 0. The van der Waals surface area contributed by atoms with Crippen LogP contribution in [0.4, 0.5) is 0 Å². The summed E-state index contributed by atoms with van der Waals surface area (Å²) < 4.78 is 0. The quantitative estimate of drug-likeness (QED) is 0.552. The molecule has 4 unspecified atom stereocenters. The smallest absolute Gasteiger partial charge is 0.0358 e. The van der Waals surface area contributed by atoms with Crippen LogP contribution in [0.5, 0.6) is 0 Å². The van der Waals surface area contributed by atoms with Crippen molar-refractivity contribution < 1.29 is 0 Å². The van der Waals surface area contributed by atoms with Gasteiger partial charge < -0.3 is 0 Å². The summed E-state index contributed by atoms with van der Waals surface area (Å²) >= 11 is 0. The molecule has 1 saturated carbocycles. The second-order valence-corrected chi connectivity index (χ2v) is 6.60. The van der Waals surface area contributed by atoms with Gasteiger partial charge in [-0.2, -0.15) is 0 Å². The highest BCUT2D eigenvalue weighted by atomic mass is 14.4. The first kappa shape index (κ1) is 17.0. The van der Waals surface area contributed by atoms with Crippen molar-refractivity contribution in [2.24, 2.45) is 29.6 Å². The third kappa shape index (κ3) is 5.93. The van der Waals surface area contributed by atoms with Crippen LogP contribution in [0.25, 0.3) is 0 Å². The zero-order valence-corrected chi connectivity index (χ0v) is 13.4. The van der Waals surface area contributed by atoms with Gasteiger partial charge in [0.15, 0.2) is 0 Å². The standard InChI is InChI=1S/C13H26.C4H10/c1-5-10(4)13-9-8-11(6-2)12(13)7-3;1-4(2)3/h10-13H,5-9H2,1-4H3;4H,1-3H3. The van der Waals surface area contributed by atoms with Gasteiger partial charge in [-0.25, -0.2) is 0 Å². The lowest BCUT2D eigenvalue weighted by molar-refractivity contribution is 0.225. The third-order valence-corrected chi connectivity index (χ3v) is 4.40. The van der Waals surface area contributed by atoms with Crippen molar-refractivity contribution in [2.75, 3.05) is 0 Å². The lowest BCUT2D eigenvalue weighted by Gasteiger charge is -2.27. The van der Waals surface area contributed by atoms with Crippen molar-refractivity contribution in [3.8, 4) is 0 Å². The van der Waals surface area contributed by atoms with Crippen LogP contribution in [0.1, 0.15) is 80.6 Å². The van der Waals surface area contributed by atoms with Gasteiger partial charge in [0.1, 0.15) is 0 Å². The van der Waals surface area contributed by atoms with E-state index < -0.39 is 0 Å². The Morgan fingerprint density at radius 3 is 1.76 bits per heavy atom. The SMILES string of the molecule is CC(C)C.CCC(C)C1CCC(CC)C1CC. The molecule has 0 aromatic heterocycles. The molecule has 0 aromatic carbocycles. The van der Waals surface area contributed by atoms with Gasteiger partial charge in [-0.3, -0.25) is 0 Å². The lowest BCUT2D eigenvalue weighted by Crippen LogP contribution is -2.19. The van der Waals surface area contributed by atoms with Crippen LogP contribution in [0, 0.1) is 29.6 Å². The summed E-state index contributed by atoms with van der Waals surface area (Å²) in [5.41, 5.74) is 0. The van der Waals surface area contributed by atoms with E-state index >= 15 is 0 Å². The van der Waals surface area contributed by atoms with Gasteiger partial charge in [-0.15, -0.1) is 0 Å². The van der Waals surface area contributed by atoms with Crippen LogP contribution in [-0.4, -0.2) is 0 Å². The van der Waals surface area contributed by atoms with Crippen LogP contribution >= 0.6 is 0 Å². The molecule has 0 heterocycles. The Morgan fingerprint density at radius 1 is 0.882 bits per heavy atom. The second kappa shape index (κ2) is 9.00. The van der Waals surface area contributed by atoms with E-state index in [1.807, 2.05) is 0 Å². The van der Waals surface area contributed by atoms with E-state index in [9.17, 15) is 0 Å². The molecule has 1 fully saturated rings. The normalized spacial score (nSPS) is 30.0. The monoisotopic (exact) mass is 240 g/mol. The molecule has 0 saturated heterocycles. The molecular weight excluding hydrogens is 204 g/mol. The molecule has 0 aromatic rings. The van der Waals surface area contributed by atoms with Crippen molar-refractivity contribution in [2.45, 2.75) is 80.6 Å². The molecule has 1 aliphatic carbocycles. The summed E-state index contributed by atoms with van der Waals surface area (Å²) in [5, 5.41) is 0. The molecule has 4 atom stereocenters. The molecule has 104 valence electrons. The molecule has 0 spiro atoms. The summed E-state index contributed by atoms with van der Waals surface area (Å²) in [6.45, 7) is 16.0. The maximum absolute atomic E-state index is 2.45. The minimum Gasteiger partial charge on any atom is -0.0651 e. The highest BCUT2D eigenvalue weighted by Crippen LogP contribution is 2.45. The van der Waals surface area contributed by atoms with Gasteiger partial charge in [0.2, 0.25) is 0 Å². The Bertz CT molecular complexity index is 168. The predicted octanol–water partition coefficient (Wildman–Crippen LogP) is 6.16. The molecular formula is C17H36. The summed E-state index contributed by atoms with van der Waals surface area (Å²) in [6.07, 6.45) is 7.20. The molecule has 0 amide bonds. The van der Waals surface area contributed by atoms with Gasteiger partial charge in [0.25, 0.3) is 0 Å². The Balaban J connectivity index is 0.000000557. The first-order valence-electron chi connectivity index (χ1n) is 7.97. The summed E-state index contributed by atoms with van der Waals surface area (Å²) in [4.78, 5) is 0. The van der Waals surface area contributed by atoms with Gasteiger partial charge in [-0.1, -0.05) is 67.7 Å². The molecule has 17 heavy (non-hydrogen) atoms. The van der Waals surface area contributed by atoms with E-state index in [-0.39, 0.29) is 0 Å². The average molecular weight is 240 g/mol. The van der Waals surface area contributed by atoms with E-state index in [2.05, 4.69) is 48.5 Å². The van der Waals surface area contributed by atoms with Crippen LogP contribution < -0.4 is 0 Å². The molecule has 1 rings (SSSR count). The van der Waals surface area contributed by atoms with Crippen LogP contribution in [-0.2, 0) is 0 Å². The van der Waals surface area contributed by atoms with Crippen molar-refractivity contribution in [3.05, 3.63) is 0 Å². The first-order valence-corrected chi connectivity index (χ1v) is 7.97. The number of hydrogen-bond donors (Lipinski definition) is 0. The highest BCUT2D eigenvalue weighted by Gasteiger charge is 2.35. The molecule has 0 aliphatic heterocycles. The van der Waals surface area contributed by atoms with E-state index in [0.717, 1.165) is 29.6 Å². The number of hydrogen-bond acceptors (Lipinski definition) is 0. The Labute approximate surface area is 111 Å². The molecule has 0 bridgehead atoms. The minimum absolute atomic E-state index is 0.833. The first-order chi connectivity index (χ1) is 7.97. The fourth-order valence-electron chi connectivity index (χ4n) is 3.34. The molecule has 0 nitrogen and oxygen atoms in total. The fraction of sp³-hybridized carbons (Fsp3) is 1.00. The van der Waals surface area contributed by atoms with Crippen molar-refractivity contribution in [1.82, 2.24) is 0 Å². The maximum atomic E-state index is 2.45. The average Bonchev–Trinajstić information content (AvgIpc) is 2.69. The van der Waals surface area contributed by atoms with E-state index in [1.165, 1.54) is 32.1 Å². The van der Waals surface area contributed by atoms with Crippen LogP contribution in [0.2, 0.25) is 0 Å². The van der Waals surface area contributed by atoms with Crippen molar-refractivity contribution >= 4 is 0 Å². The topological polar surface area (TPSA) is 0 Å². The zero-order chi connectivity index (χ0) is 13.4. The van der Waals surface area contributed by atoms with Crippen LogP contribution in [0.15, 0.2) is 0 Å². The van der Waals surface area contributed by atoms with Gasteiger partial charge in [0, 0.05) is 0 Å². The Kier molecular flexibility index (Phi) is 9.00. The fourth-order valence-corrected chi connectivity index (χ4v) is 3.34. The third-order valence-electron chi connectivity index (χ3n) is 4.40. The van der Waals surface area contributed by atoms with Gasteiger partial charge >= 0.3 is 0 Å². The Morgan fingerprint density at radius 2 is 1.41 bits per heavy atom. The summed E-state index contributed by atoms with van der Waals surface area (Å²) in [6, 6.07) is 0. The maximum Gasteiger partial charge on any atom is -0.0358 e. The van der Waals surface area contributed by atoms with Crippen molar-refractivity contribution in [1.29, 1.82) is 0 Å². The molecule has 0 heteroatoms. The molecule has 0 N–H and O–H groups in total. The largest absolute Gasteiger partial charge is 0.0651 e.